The summed E-state index contributed by atoms with van der Waals surface area (Å²) in [5, 5.41) is 6.11. The molecule has 1 aliphatic rings. The second kappa shape index (κ2) is 6.33. The number of esters is 1. The Morgan fingerprint density at radius 3 is 2.42 bits per heavy atom. The Hall–Kier alpha value is -1.88. The number of benzene rings is 1. The molecule has 0 saturated carbocycles. The van der Waals surface area contributed by atoms with Crippen LogP contribution in [-0.2, 0) is 9.53 Å². The molecule has 5 nitrogen and oxygen atoms in total. The minimum atomic E-state index is -0.378. The number of anilines is 1. The van der Waals surface area contributed by atoms with E-state index in [0.717, 1.165) is 25.9 Å². The van der Waals surface area contributed by atoms with Gasteiger partial charge < -0.3 is 15.4 Å². The molecule has 2 rings (SSSR count). The van der Waals surface area contributed by atoms with Crippen LogP contribution in [0.25, 0.3) is 0 Å². The van der Waals surface area contributed by atoms with Crippen molar-refractivity contribution in [1.29, 1.82) is 0 Å². The predicted octanol–water partition coefficient (Wildman–Crippen LogP) is 1.41. The summed E-state index contributed by atoms with van der Waals surface area (Å²) in [5.74, 6) is -0.259. The lowest BCUT2D eigenvalue weighted by molar-refractivity contribution is -0.120. The monoisotopic (exact) mass is 262 g/mol. The summed E-state index contributed by atoms with van der Waals surface area (Å²) < 4.78 is 4.62. The zero-order valence-electron chi connectivity index (χ0n) is 10.9. The molecular weight excluding hydrogens is 244 g/mol. The topological polar surface area (TPSA) is 67.4 Å². The summed E-state index contributed by atoms with van der Waals surface area (Å²) in [6.45, 7) is 1.78. The van der Waals surface area contributed by atoms with E-state index in [-0.39, 0.29) is 17.8 Å². The van der Waals surface area contributed by atoms with E-state index in [1.807, 2.05) is 0 Å². The molecular formula is C14H18N2O3. The molecule has 0 spiro atoms. The molecule has 19 heavy (non-hydrogen) atoms. The van der Waals surface area contributed by atoms with Crippen LogP contribution in [0.4, 0.5) is 5.69 Å². The highest BCUT2D eigenvalue weighted by atomic mass is 16.5. The summed E-state index contributed by atoms with van der Waals surface area (Å²) in [7, 11) is 1.34. The first-order valence-electron chi connectivity index (χ1n) is 6.40. The van der Waals surface area contributed by atoms with Gasteiger partial charge in [-0.1, -0.05) is 0 Å². The average Bonchev–Trinajstić information content (AvgIpc) is 2.48. The number of carbonyl (C=O) groups is 2. The van der Waals surface area contributed by atoms with E-state index in [9.17, 15) is 9.59 Å². The first-order chi connectivity index (χ1) is 9.20. The lowest BCUT2D eigenvalue weighted by Gasteiger charge is -2.21. The van der Waals surface area contributed by atoms with E-state index in [2.05, 4.69) is 15.4 Å². The van der Waals surface area contributed by atoms with Crippen molar-refractivity contribution in [3.8, 4) is 0 Å². The molecule has 0 atom stereocenters. The van der Waals surface area contributed by atoms with E-state index in [1.54, 1.807) is 24.3 Å². The van der Waals surface area contributed by atoms with Crippen LogP contribution >= 0.6 is 0 Å². The van der Waals surface area contributed by atoms with Crippen molar-refractivity contribution in [3.05, 3.63) is 29.8 Å². The molecule has 1 heterocycles. The number of amides is 1. The number of hydrogen-bond donors (Lipinski definition) is 2. The standard InChI is InChI=1S/C14H18N2O3/c1-19-14(18)11-2-4-12(5-3-11)16-13(17)10-6-8-15-9-7-10/h2-5,10,15H,6-9H2,1H3,(H,16,17). The maximum Gasteiger partial charge on any atom is 0.337 e. The van der Waals surface area contributed by atoms with Gasteiger partial charge in [0.2, 0.25) is 5.91 Å². The van der Waals surface area contributed by atoms with Gasteiger partial charge in [0.15, 0.2) is 0 Å². The predicted molar refractivity (Wildman–Crippen MR) is 72.0 cm³/mol. The Balaban J connectivity index is 1.95. The third-order valence-corrected chi connectivity index (χ3v) is 3.28. The molecule has 102 valence electrons. The number of piperidine rings is 1. The van der Waals surface area contributed by atoms with Crippen molar-refractivity contribution in [3.63, 3.8) is 0 Å². The number of rotatable bonds is 3. The summed E-state index contributed by atoms with van der Waals surface area (Å²) in [6, 6.07) is 6.71. The lowest BCUT2D eigenvalue weighted by atomic mass is 9.97. The third kappa shape index (κ3) is 3.54. The van der Waals surface area contributed by atoms with Crippen LogP contribution in [0.15, 0.2) is 24.3 Å². The first-order valence-corrected chi connectivity index (χ1v) is 6.40. The van der Waals surface area contributed by atoms with E-state index >= 15 is 0 Å². The molecule has 5 heteroatoms. The number of hydrogen-bond acceptors (Lipinski definition) is 4. The van der Waals surface area contributed by atoms with Gasteiger partial charge in [-0.05, 0) is 50.2 Å². The summed E-state index contributed by atoms with van der Waals surface area (Å²) in [4.78, 5) is 23.3. The minimum Gasteiger partial charge on any atom is -0.465 e. The Morgan fingerprint density at radius 2 is 1.84 bits per heavy atom. The zero-order valence-corrected chi connectivity index (χ0v) is 10.9. The summed E-state index contributed by atoms with van der Waals surface area (Å²) >= 11 is 0. The highest BCUT2D eigenvalue weighted by Gasteiger charge is 2.20. The Kier molecular flexibility index (Phi) is 4.52. The first kappa shape index (κ1) is 13.5. The number of methoxy groups -OCH3 is 1. The molecule has 1 amide bonds. The van der Waals surface area contributed by atoms with Crippen molar-refractivity contribution in [2.24, 2.45) is 5.92 Å². The molecule has 1 fully saturated rings. The molecule has 0 radical (unpaired) electrons. The van der Waals surface area contributed by atoms with Crippen LogP contribution in [0.5, 0.6) is 0 Å². The van der Waals surface area contributed by atoms with Gasteiger partial charge in [0.1, 0.15) is 0 Å². The van der Waals surface area contributed by atoms with Crippen LogP contribution in [0.3, 0.4) is 0 Å². The van der Waals surface area contributed by atoms with Crippen molar-refractivity contribution >= 4 is 17.6 Å². The fourth-order valence-electron chi connectivity index (χ4n) is 2.14. The van der Waals surface area contributed by atoms with E-state index in [1.165, 1.54) is 7.11 Å². The maximum absolute atomic E-state index is 12.0. The molecule has 0 aliphatic carbocycles. The van der Waals surface area contributed by atoms with Gasteiger partial charge in [-0.25, -0.2) is 4.79 Å². The van der Waals surface area contributed by atoms with Crippen molar-refractivity contribution in [1.82, 2.24) is 5.32 Å². The summed E-state index contributed by atoms with van der Waals surface area (Å²) in [6.07, 6.45) is 1.73. The fourth-order valence-corrected chi connectivity index (χ4v) is 2.14. The smallest absolute Gasteiger partial charge is 0.337 e. The van der Waals surface area contributed by atoms with Gasteiger partial charge in [0.25, 0.3) is 0 Å². The fraction of sp³-hybridized carbons (Fsp3) is 0.429. The van der Waals surface area contributed by atoms with Crippen LogP contribution in [0.2, 0.25) is 0 Å². The second-order valence-corrected chi connectivity index (χ2v) is 4.58. The molecule has 2 N–H and O–H groups in total. The van der Waals surface area contributed by atoms with Gasteiger partial charge in [-0.3, -0.25) is 4.79 Å². The number of ether oxygens (including phenoxy) is 1. The van der Waals surface area contributed by atoms with Gasteiger partial charge in [0, 0.05) is 11.6 Å². The Bertz CT molecular complexity index is 450. The van der Waals surface area contributed by atoms with Gasteiger partial charge >= 0.3 is 5.97 Å². The maximum atomic E-state index is 12.0. The highest BCUT2D eigenvalue weighted by Crippen LogP contribution is 2.16. The van der Waals surface area contributed by atoms with Crippen molar-refractivity contribution < 1.29 is 14.3 Å². The van der Waals surface area contributed by atoms with Crippen LogP contribution in [-0.4, -0.2) is 32.1 Å². The number of nitrogens with one attached hydrogen (secondary N) is 2. The SMILES string of the molecule is COC(=O)c1ccc(NC(=O)C2CCNCC2)cc1. The van der Waals surface area contributed by atoms with Gasteiger partial charge in [-0.15, -0.1) is 0 Å². The molecule has 1 aromatic rings. The van der Waals surface area contributed by atoms with Gasteiger partial charge in [0.05, 0.1) is 12.7 Å². The Morgan fingerprint density at radius 1 is 1.21 bits per heavy atom. The van der Waals surface area contributed by atoms with E-state index in [4.69, 9.17) is 0 Å². The van der Waals surface area contributed by atoms with Crippen LogP contribution in [0.1, 0.15) is 23.2 Å². The molecule has 1 saturated heterocycles. The molecule has 1 aromatic carbocycles. The normalized spacial score (nSPS) is 15.8. The van der Waals surface area contributed by atoms with E-state index in [0.29, 0.717) is 11.3 Å². The number of carbonyl (C=O) groups excluding carboxylic acids is 2. The molecule has 1 aliphatic heterocycles. The quantitative estimate of drug-likeness (QED) is 0.808. The highest BCUT2D eigenvalue weighted by molar-refractivity contribution is 5.94. The lowest BCUT2D eigenvalue weighted by Crippen LogP contribution is -2.34. The summed E-state index contributed by atoms with van der Waals surface area (Å²) in [5.41, 5.74) is 1.18. The minimum absolute atomic E-state index is 0.0484. The van der Waals surface area contributed by atoms with Crippen molar-refractivity contribution in [2.45, 2.75) is 12.8 Å². The van der Waals surface area contributed by atoms with Gasteiger partial charge in [-0.2, -0.15) is 0 Å². The van der Waals surface area contributed by atoms with Crippen molar-refractivity contribution in [2.75, 3.05) is 25.5 Å². The zero-order chi connectivity index (χ0) is 13.7. The molecule has 0 bridgehead atoms. The second-order valence-electron chi connectivity index (χ2n) is 4.58. The third-order valence-electron chi connectivity index (χ3n) is 3.28. The largest absolute Gasteiger partial charge is 0.465 e. The average molecular weight is 262 g/mol. The van der Waals surface area contributed by atoms with Crippen LogP contribution < -0.4 is 10.6 Å². The Labute approximate surface area is 112 Å². The molecule has 0 aromatic heterocycles. The molecule has 0 unspecified atom stereocenters. The van der Waals surface area contributed by atoms with Crippen LogP contribution in [0, 0.1) is 5.92 Å². The van der Waals surface area contributed by atoms with E-state index < -0.39 is 0 Å².